The summed E-state index contributed by atoms with van der Waals surface area (Å²) >= 11 is 7.16. The fraction of sp³-hybridized carbons (Fsp3) is 0.125. The van der Waals surface area contributed by atoms with Gasteiger partial charge in [-0.3, -0.25) is 13.5 Å². The minimum Gasteiger partial charge on any atom is -0.506 e. The van der Waals surface area contributed by atoms with Crippen molar-refractivity contribution in [3.63, 3.8) is 0 Å². The number of amides is 1. The van der Waals surface area contributed by atoms with Crippen LogP contribution in [0.15, 0.2) is 47.3 Å². The van der Waals surface area contributed by atoms with Crippen molar-refractivity contribution in [3.8, 4) is 5.75 Å². The van der Waals surface area contributed by atoms with E-state index in [1.807, 2.05) is 18.2 Å². The minimum atomic E-state index is -0.299. The minimum absolute atomic E-state index is 0.0539. The van der Waals surface area contributed by atoms with E-state index in [1.54, 1.807) is 10.0 Å². The second kappa shape index (κ2) is 6.44. The normalized spacial score (nSPS) is 10.8. The number of nitrogens with one attached hydrogen (secondary N) is 1. The number of aromatic hydroxyl groups is 1. The summed E-state index contributed by atoms with van der Waals surface area (Å²) in [7, 11) is 0. The van der Waals surface area contributed by atoms with Crippen molar-refractivity contribution in [2.24, 2.45) is 0 Å². The average Bonchev–Trinajstić information content (AvgIpc) is 2.86. The molecule has 7 heteroatoms. The van der Waals surface area contributed by atoms with Crippen molar-refractivity contribution in [2.45, 2.75) is 13.0 Å². The van der Waals surface area contributed by atoms with Crippen molar-refractivity contribution < 1.29 is 9.90 Å². The SMILES string of the molecule is O=C(CCn1sc2ccccc2c1=O)Nc1cc(Cl)ccc1O. The van der Waals surface area contributed by atoms with Gasteiger partial charge < -0.3 is 10.4 Å². The molecule has 5 nitrogen and oxygen atoms in total. The van der Waals surface area contributed by atoms with Gasteiger partial charge in [0.25, 0.3) is 5.56 Å². The maximum absolute atomic E-state index is 12.2. The van der Waals surface area contributed by atoms with Gasteiger partial charge in [0.05, 0.1) is 15.8 Å². The lowest BCUT2D eigenvalue weighted by Crippen LogP contribution is -2.19. The van der Waals surface area contributed by atoms with Crippen LogP contribution in [0.5, 0.6) is 5.75 Å². The molecule has 0 saturated heterocycles. The number of halogens is 1. The van der Waals surface area contributed by atoms with Crippen LogP contribution in [0.25, 0.3) is 10.1 Å². The Bertz CT molecular complexity index is 932. The Morgan fingerprint density at radius 1 is 1.26 bits per heavy atom. The number of benzene rings is 2. The number of carbonyl (C=O) groups excluding carboxylic acids is 1. The zero-order valence-corrected chi connectivity index (χ0v) is 13.5. The second-order valence-corrected chi connectivity index (χ2v) is 6.45. The Morgan fingerprint density at radius 2 is 2.04 bits per heavy atom. The Labute approximate surface area is 140 Å². The van der Waals surface area contributed by atoms with Crippen molar-refractivity contribution >= 4 is 44.8 Å². The van der Waals surface area contributed by atoms with Gasteiger partial charge in [-0.05, 0) is 30.3 Å². The summed E-state index contributed by atoms with van der Waals surface area (Å²) in [5.41, 5.74) is 0.162. The monoisotopic (exact) mass is 348 g/mol. The van der Waals surface area contributed by atoms with Crippen LogP contribution in [0.4, 0.5) is 5.69 Å². The van der Waals surface area contributed by atoms with E-state index in [-0.39, 0.29) is 35.9 Å². The highest BCUT2D eigenvalue weighted by Gasteiger charge is 2.10. The number of anilines is 1. The maximum Gasteiger partial charge on any atom is 0.268 e. The molecule has 0 aliphatic rings. The summed E-state index contributed by atoms with van der Waals surface area (Å²) < 4.78 is 2.45. The van der Waals surface area contributed by atoms with Gasteiger partial charge >= 0.3 is 0 Å². The van der Waals surface area contributed by atoms with Crippen LogP contribution < -0.4 is 10.9 Å². The van der Waals surface area contributed by atoms with Crippen molar-refractivity contribution in [1.82, 2.24) is 3.96 Å². The highest BCUT2D eigenvalue weighted by atomic mass is 35.5. The maximum atomic E-state index is 12.2. The summed E-state index contributed by atoms with van der Waals surface area (Å²) in [5, 5.41) is 13.3. The largest absolute Gasteiger partial charge is 0.506 e. The molecule has 1 amide bonds. The lowest BCUT2D eigenvalue weighted by atomic mass is 10.2. The molecular weight excluding hydrogens is 336 g/mol. The summed E-state index contributed by atoms with van der Waals surface area (Å²) in [6.07, 6.45) is 0.124. The topological polar surface area (TPSA) is 71.3 Å². The number of nitrogens with zero attached hydrogens (tertiary/aromatic N) is 1. The van der Waals surface area contributed by atoms with Crippen LogP contribution in [-0.4, -0.2) is 15.0 Å². The number of hydrogen-bond donors (Lipinski definition) is 2. The molecular formula is C16H13ClN2O3S. The van der Waals surface area contributed by atoms with Crippen LogP contribution in [0.1, 0.15) is 6.42 Å². The standard InChI is InChI=1S/C16H13ClN2O3S/c17-10-5-6-13(20)12(9-10)18-15(21)7-8-19-16(22)11-3-1-2-4-14(11)23-19/h1-6,9,20H,7-8H2,(H,18,21). The quantitative estimate of drug-likeness (QED) is 0.709. The van der Waals surface area contributed by atoms with Gasteiger partial charge in [0.1, 0.15) is 5.75 Å². The number of phenolic OH excluding ortho intramolecular Hbond substituents is 1. The summed E-state index contributed by atoms with van der Waals surface area (Å²) in [4.78, 5) is 24.2. The fourth-order valence-electron chi connectivity index (χ4n) is 2.19. The molecule has 0 spiro atoms. The third-order valence-electron chi connectivity index (χ3n) is 3.33. The molecule has 0 unspecified atom stereocenters. The van der Waals surface area contributed by atoms with Crippen LogP contribution in [0.3, 0.4) is 0 Å². The van der Waals surface area contributed by atoms with Crippen molar-refractivity contribution in [3.05, 3.63) is 57.8 Å². The Balaban J connectivity index is 1.70. The Hall–Kier alpha value is -2.31. The molecule has 2 N–H and O–H groups in total. The molecule has 0 aliphatic heterocycles. The molecule has 0 bridgehead atoms. The molecule has 0 fully saturated rings. The first-order valence-electron chi connectivity index (χ1n) is 6.92. The van der Waals surface area contributed by atoms with Gasteiger partial charge in [0, 0.05) is 18.0 Å². The van der Waals surface area contributed by atoms with E-state index in [0.717, 1.165) is 4.70 Å². The molecule has 23 heavy (non-hydrogen) atoms. The number of aromatic nitrogens is 1. The Morgan fingerprint density at radius 3 is 2.83 bits per heavy atom. The predicted octanol–water partition coefficient (Wildman–Crippen LogP) is 3.45. The first kappa shape index (κ1) is 15.6. The van der Waals surface area contributed by atoms with Crippen LogP contribution >= 0.6 is 23.1 Å². The third kappa shape index (κ3) is 3.38. The van der Waals surface area contributed by atoms with E-state index in [4.69, 9.17) is 11.6 Å². The fourth-order valence-corrected chi connectivity index (χ4v) is 3.36. The molecule has 3 rings (SSSR count). The molecule has 0 radical (unpaired) electrons. The van der Waals surface area contributed by atoms with Crippen LogP contribution in [0.2, 0.25) is 5.02 Å². The van der Waals surface area contributed by atoms with Crippen LogP contribution in [0, 0.1) is 0 Å². The number of rotatable bonds is 4. The zero-order valence-electron chi connectivity index (χ0n) is 12.0. The number of hydrogen-bond acceptors (Lipinski definition) is 4. The lowest BCUT2D eigenvalue weighted by Gasteiger charge is -2.07. The highest BCUT2D eigenvalue weighted by Crippen LogP contribution is 2.26. The first-order valence-corrected chi connectivity index (χ1v) is 8.07. The average molecular weight is 349 g/mol. The predicted molar refractivity (Wildman–Crippen MR) is 92.4 cm³/mol. The van der Waals surface area contributed by atoms with Gasteiger partial charge in [0.15, 0.2) is 0 Å². The summed E-state index contributed by atoms with van der Waals surface area (Å²) in [6, 6.07) is 11.8. The highest BCUT2D eigenvalue weighted by molar-refractivity contribution is 7.13. The van der Waals surface area contributed by atoms with Gasteiger partial charge in [-0.15, -0.1) is 0 Å². The molecule has 0 saturated carbocycles. The van der Waals surface area contributed by atoms with Gasteiger partial charge in [-0.1, -0.05) is 35.3 Å². The van der Waals surface area contributed by atoms with Crippen molar-refractivity contribution in [2.75, 3.05) is 5.32 Å². The molecule has 3 aromatic rings. The summed E-state index contributed by atoms with van der Waals surface area (Å²) in [6.45, 7) is 0.283. The zero-order chi connectivity index (χ0) is 16.4. The van der Waals surface area contributed by atoms with E-state index in [1.165, 1.54) is 29.7 Å². The van der Waals surface area contributed by atoms with E-state index in [2.05, 4.69) is 5.32 Å². The lowest BCUT2D eigenvalue weighted by molar-refractivity contribution is -0.116. The van der Waals surface area contributed by atoms with Gasteiger partial charge in [-0.2, -0.15) is 0 Å². The number of phenols is 1. The van der Waals surface area contributed by atoms with Gasteiger partial charge in [-0.25, -0.2) is 0 Å². The Kier molecular flexibility index (Phi) is 4.36. The molecule has 0 aliphatic carbocycles. The molecule has 2 aromatic carbocycles. The summed E-state index contributed by atoms with van der Waals surface area (Å²) in [5.74, 6) is -0.353. The third-order valence-corrected chi connectivity index (χ3v) is 4.68. The molecule has 0 atom stereocenters. The van der Waals surface area contributed by atoms with E-state index < -0.39 is 0 Å². The molecule has 1 heterocycles. The number of fused-ring (bicyclic) bond motifs is 1. The van der Waals surface area contributed by atoms with E-state index >= 15 is 0 Å². The van der Waals surface area contributed by atoms with Crippen molar-refractivity contribution in [1.29, 1.82) is 0 Å². The smallest absolute Gasteiger partial charge is 0.268 e. The number of carbonyl (C=O) groups is 1. The molecule has 1 aromatic heterocycles. The number of aryl methyl sites for hydroxylation is 1. The second-order valence-electron chi connectivity index (χ2n) is 4.95. The van der Waals surface area contributed by atoms with Crippen LogP contribution in [-0.2, 0) is 11.3 Å². The first-order chi connectivity index (χ1) is 11.0. The van der Waals surface area contributed by atoms with E-state index in [0.29, 0.717) is 10.4 Å². The van der Waals surface area contributed by atoms with E-state index in [9.17, 15) is 14.7 Å². The molecule has 118 valence electrons. The van der Waals surface area contributed by atoms with Gasteiger partial charge in [0.2, 0.25) is 5.91 Å².